The Kier molecular flexibility index (Phi) is 7.07. The average molecular weight is 405 g/mol. The van der Waals surface area contributed by atoms with Gasteiger partial charge < -0.3 is 10.1 Å². The Hall–Kier alpha value is -2.54. The van der Waals surface area contributed by atoms with Crippen LogP contribution in [0.3, 0.4) is 0 Å². The van der Waals surface area contributed by atoms with Crippen molar-refractivity contribution < 1.29 is 17.9 Å². The lowest BCUT2D eigenvalue weighted by Gasteiger charge is -2.26. The van der Waals surface area contributed by atoms with Gasteiger partial charge in [0.05, 0.1) is 18.6 Å². The zero-order valence-electron chi connectivity index (χ0n) is 17.1. The smallest absolute Gasteiger partial charge is 0.241 e. The minimum atomic E-state index is -3.62. The molecular weight excluding hydrogens is 376 g/mol. The van der Waals surface area contributed by atoms with Crippen LogP contribution in [0.4, 0.5) is 5.69 Å². The summed E-state index contributed by atoms with van der Waals surface area (Å²) >= 11 is 0. The monoisotopic (exact) mass is 404 g/mol. The van der Waals surface area contributed by atoms with Crippen LogP contribution in [0.5, 0.6) is 5.75 Å². The van der Waals surface area contributed by atoms with Crippen LogP contribution >= 0.6 is 0 Å². The van der Waals surface area contributed by atoms with E-state index in [1.165, 1.54) is 4.31 Å². The van der Waals surface area contributed by atoms with Crippen LogP contribution in [-0.2, 0) is 21.4 Å². The number of aryl methyl sites for hydroxylation is 3. The van der Waals surface area contributed by atoms with Crippen LogP contribution in [-0.4, -0.2) is 33.7 Å². The Bertz CT molecular complexity index is 932. The molecule has 0 aliphatic carbocycles. The normalized spacial score (nSPS) is 11.2. The molecule has 2 rings (SSSR count). The van der Waals surface area contributed by atoms with Crippen molar-refractivity contribution in [3.8, 4) is 5.75 Å². The Morgan fingerprint density at radius 1 is 1.11 bits per heavy atom. The summed E-state index contributed by atoms with van der Waals surface area (Å²) in [7, 11) is -3.62. The summed E-state index contributed by atoms with van der Waals surface area (Å²) in [6.07, 6.45) is 1.12. The Morgan fingerprint density at radius 2 is 1.75 bits per heavy atom. The van der Waals surface area contributed by atoms with E-state index in [9.17, 15) is 13.2 Å². The highest BCUT2D eigenvalue weighted by Crippen LogP contribution is 2.28. The molecule has 152 valence electrons. The van der Waals surface area contributed by atoms with Gasteiger partial charge in [0, 0.05) is 6.54 Å². The van der Waals surface area contributed by atoms with Crippen molar-refractivity contribution in [1.82, 2.24) is 5.32 Å². The second kappa shape index (κ2) is 9.10. The van der Waals surface area contributed by atoms with Crippen molar-refractivity contribution in [2.45, 2.75) is 34.2 Å². The predicted molar refractivity (Wildman–Crippen MR) is 112 cm³/mol. The molecule has 0 aliphatic rings. The molecular formula is C21H28N2O4S. The van der Waals surface area contributed by atoms with E-state index < -0.39 is 10.0 Å². The molecule has 0 saturated carbocycles. The molecule has 0 radical (unpaired) electrons. The molecule has 0 aromatic heterocycles. The fourth-order valence-electron chi connectivity index (χ4n) is 3.23. The third kappa shape index (κ3) is 5.73. The largest absolute Gasteiger partial charge is 0.494 e. The van der Waals surface area contributed by atoms with Crippen molar-refractivity contribution in [2.24, 2.45) is 0 Å². The quantitative estimate of drug-likeness (QED) is 0.734. The number of amides is 1. The third-order valence-corrected chi connectivity index (χ3v) is 5.38. The minimum absolute atomic E-state index is 0.269. The summed E-state index contributed by atoms with van der Waals surface area (Å²) < 4.78 is 31.4. The van der Waals surface area contributed by atoms with Crippen LogP contribution in [0.15, 0.2) is 36.4 Å². The Labute approximate surface area is 167 Å². The van der Waals surface area contributed by atoms with Crippen molar-refractivity contribution in [1.29, 1.82) is 0 Å². The molecule has 2 aromatic rings. The van der Waals surface area contributed by atoms with Gasteiger partial charge in [-0.05, 0) is 56.5 Å². The van der Waals surface area contributed by atoms with Crippen LogP contribution in [0.25, 0.3) is 0 Å². The molecule has 6 nitrogen and oxygen atoms in total. The number of carbonyl (C=O) groups excluding carboxylic acids is 1. The Balaban J connectivity index is 2.16. The van der Waals surface area contributed by atoms with Crippen molar-refractivity contribution >= 4 is 21.6 Å². The van der Waals surface area contributed by atoms with E-state index in [4.69, 9.17) is 4.74 Å². The molecule has 0 spiro atoms. The van der Waals surface area contributed by atoms with E-state index in [1.807, 2.05) is 64.1 Å². The van der Waals surface area contributed by atoms with E-state index in [0.29, 0.717) is 18.8 Å². The number of sulfonamides is 1. The van der Waals surface area contributed by atoms with E-state index in [2.05, 4.69) is 5.32 Å². The van der Waals surface area contributed by atoms with Gasteiger partial charge in [-0.3, -0.25) is 9.10 Å². The first kappa shape index (κ1) is 21.8. The van der Waals surface area contributed by atoms with Gasteiger partial charge in [-0.1, -0.05) is 29.8 Å². The molecule has 7 heteroatoms. The SMILES string of the molecule is CCOc1cccc(CNC(=O)CN(c2c(C)cc(C)cc2C)S(C)(=O)=O)c1. The maximum Gasteiger partial charge on any atom is 0.241 e. The third-order valence-electron chi connectivity index (χ3n) is 4.27. The molecule has 28 heavy (non-hydrogen) atoms. The van der Waals surface area contributed by atoms with Crippen LogP contribution in [0.1, 0.15) is 29.2 Å². The standard InChI is InChI=1S/C21H28N2O4S/c1-6-27-19-9-7-8-18(12-19)13-22-20(24)14-23(28(5,25)26)21-16(3)10-15(2)11-17(21)4/h7-12H,6,13-14H2,1-5H3,(H,22,24). The van der Waals surface area contributed by atoms with Gasteiger partial charge >= 0.3 is 0 Å². The van der Waals surface area contributed by atoms with Crippen molar-refractivity contribution in [3.63, 3.8) is 0 Å². The van der Waals surface area contributed by atoms with E-state index in [1.54, 1.807) is 0 Å². The average Bonchev–Trinajstić information content (AvgIpc) is 2.58. The van der Waals surface area contributed by atoms with Crippen molar-refractivity contribution in [3.05, 3.63) is 58.7 Å². The molecule has 1 N–H and O–H groups in total. The predicted octanol–water partition coefficient (Wildman–Crippen LogP) is 3.09. The molecule has 0 fully saturated rings. The van der Waals surface area contributed by atoms with Crippen LogP contribution in [0, 0.1) is 20.8 Å². The molecule has 0 aliphatic heterocycles. The molecule has 1 amide bonds. The molecule has 0 heterocycles. The summed E-state index contributed by atoms with van der Waals surface area (Å²) in [5, 5.41) is 2.79. The number of nitrogens with one attached hydrogen (secondary N) is 1. The van der Waals surface area contributed by atoms with Gasteiger partial charge in [-0.25, -0.2) is 8.42 Å². The number of hydrogen-bond acceptors (Lipinski definition) is 4. The first-order valence-corrected chi connectivity index (χ1v) is 11.0. The lowest BCUT2D eigenvalue weighted by atomic mass is 10.1. The molecule has 0 unspecified atom stereocenters. The summed E-state index contributed by atoms with van der Waals surface area (Å²) in [5.74, 6) is 0.365. The fourth-order valence-corrected chi connectivity index (χ4v) is 4.20. The van der Waals surface area contributed by atoms with Crippen LogP contribution in [0.2, 0.25) is 0 Å². The number of carbonyl (C=O) groups is 1. The second-order valence-electron chi connectivity index (χ2n) is 6.87. The van der Waals surface area contributed by atoms with Gasteiger partial charge in [0.2, 0.25) is 15.9 Å². The first-order valence-electron chi connectivity index (χ1n) is 9.15. The van der Waals surface area contributed by atoms with Crippen molar-refractivity contribution in [2.75, 3.05) is 23.7 Å². The lowest BCUT2D eigenvalue weighted by molar-refractivity contribution is -0.119. The van der Waals surface area contributed by atoms with Crippen LogP contribution < -0.4 is 14.4 Å². The van der Waals surface area contributed by atoms with Gasteiger partial charge in [0.15, 0.2) is 0 Å². The van der Waals surface area contributed by atoms with E-state index >= 15 is 0 Å². The topological polar surface area (TPSA) is 75.7 Å². The number of hydrogen-bond donors (Lipinski definition) is 1. The Morgan fingerprint density at radius 3 is 2.32 bits per heavy atom. The van der Waals surface area contributed by atoms with Gasteiger partial charge in [0.1, 0.15) is 12.3 Å². The summed E-state index contributed by atoms with van der Waals surface area (Å²) in [4.78, 5) is 12.5. The highest BCUT2D eigenvalue weighted by Gasteiger charge is 2.24. The molecule has 0 bridgehead atoms. The van der Waals surface area contributed by atoms with Gasteiger partial charge in [0.25, 0.3) is 0 Å². The minimum Gasteiger partial charge on any atom is -0.494 e. The molecule has 0 atom stereocenters. The number of ether oxygens (including phenoxy) is 1. The second-order valence-corrected chi connectivity index (χ2v) is 8.78. The summed E-state index contributed by atoms with van der Waals surface area (Å²) in [6, 6.07) is 11.3. The number of benzene rings is 2. The molecule has 2 aromatic carbocycles. The van der Waals surface area contributed by atoms with Gasteiger partial charge in [-0.15, -0.1) is 0 Å². The van der Waals surface area contributed by atoms with Gasteiger partial charge in [-0.2, -0.15) is 0 Å². The maximum atomic E-state index is 12.5. The maximum absolute atomic E-state index is 12.5. The van der Waals surface area contributed by atoms with E-state index in [0.717, 1.165) is 34.3 Å². The zero-order valence-corrected chi connectivity index (χ0v) is 17.9. The first-order chi connectivity index (χ1) is 13.1. The lowest BCUT2D eigenvalue weighted by Crippen LogP contribution is -2.40. The number of rotatable bonds is 8. The fraction of sp³-hybridized carbons (Fsp3) is 0.381. The van der Waals surface area contributed by atoms with E-state index in [-0.39, 0.29) is 12.5 Å². The molecule has 0 saturated heterocycles. The summed E-state index contributed by atoms with van der Waals surface area (Å²) in [5.41, 5.74) is 4.13. The highest BCUT2D eigenvalue weighted by molar-refractivity contribution is 7.92. The number of anilines is 1. The highest BCUT2D eigenvalue weighted by atomic mass is 32.2. The summed E-state index contributed by atoms with van der Waals surface area (Å²) in [6.45, 7) is 8.16. The number of nitrogens with zero attached hydrogens (tertiary/aromatic N) is 1. The zero-order chi connectivity index (χ0) is 20.9.